The number of fused-ring (bicyclic) bond motifs is 5. The number of halogens is 2. The number of phenolic OH excluding ortho intramolecular Hbond substituents is 1. The van der Waals surface area contributed by atoms with Crippen LogP contribution in [0.3, 0.4) is 0 Å². The monoisotopic (exact) mass is 762 g/mol. The second-order valence-corrected chi connectivity index (χ2v) is 16.1. The summed E-state index contributed by atoms with van der Waals surface area (Å²) in [7, 11) is 4.65. The minimum absolute atomic E-state index is 0.146. The van der Waals surface area contributed by atoms with Crippen LogP contribution in [-0.4, -0.2) is 57.6 Å². The van der Waals surface area contributed by atoms with E-state index in [9.17, 15) is 24.3 Å². The zero-order valence-corrected chi connectivity index (χ0v) is 30.4. The molecule has 0 radical (unpaired) electrons. The highest BCUT2D eigenvalue weighted by molar-refractivity contribution is 9.10. The molecule has 10 nitrogen and oxygen atoms in total. The molecule has 0 unspecified atom stereocenters. The Bertz CT molecular complexity index is 2210. The number of likely N-dealkylation sites (tertiary alicyclic amines) is 1. The molecular formula is C36H32BrClN4O6S. The SMILES string of the molecule is COc1cc(Br)cc([C@H]2C3=CC[C@@H]4C(=O)N(C)C(=O)[C@@H]4[C@@H]3C[C@H]3C(=O)N(c4cc(-c5sc6ccc(Cl)cc6c5C)nn4C)C(=O)[C@@]23C)c1O. The number of thiophene rings is 1. The van der Waals surface area contributed by atoms with Crippen molar-refractivity contribution in [3.63, 3.8) is 0 Å². The Balaban J connectivity index is 1.28. The van der Waals surface area contributed by atoms with E-state index in [-0.39, 0.29) is 29.7 Å². The molecule has 2 aromatic heterocycles. The number of carbonyl (C=O) groups is 4. The van der Waals surface area contributed by atoms with Crippen molar-refractivity contribution in [1.29, 1.82) is 0 Å². The smallest absolute Gasteiger partial charge is 0.242 e. The van der Waals surface area contributed by atoms with E-state index in [2.05, 4.69) is 15.9 Å². The van der Waals surface area contributed by atoms with Gasteiger partial charge in [-0.15, -0.1) is 11.3 Å². The number of hydrogen-bond donors (Lipinski definition) is 1. The number of rotatable bonds is 4. The van der Waals surface area contributed by atoms with Crippen molar-refractivity contribution in [2.24, 2.45) is 36.1 Å². The van der Waals surface area contributed by atoms with Crippen molar-refractivity contribution in [2.45, 2.75) is 32.6 Å². The summed E-state index contributed by atoms with van der Waals surface area (Å²) in [6, 6.07) is 10.9. The fourth-order valence-corrected chi connectivity index (χ4v) is 10.7. The lowest BCUT2D eigenvalue weighted by Crippen LogP contribution is -2.48. The number of anilines is 1. The Kier molecular flexibility index (Phi) is 7.23. The number of nitrogens with zero attached hydrogens (tertiary/aromatic N) is 4. The number of aryl methyl sites for hydroxylation is 2. The van der Waals surface area contributed by atoms with Crippen molar-refractivity contribution in [3.8, 4) is 22.1 Å². The van der Waals surface area contributed by atoms with E-state index < -0.39 is 46.8 Å². The third-order valence-electron chi connectivity index (χ3n) is 11.3. The molecule has 1 N–H and O–H groups in total. The number of allylic oxidation sites excluding steroid dienone is 2. The maximum atomic E-state index is 15.0. The minimum Gasteiger partial charge on any atom is -0.504 e. The van der Waals surface area contributed by atoms with Crippen LogP contribution in [0.2, 0.25) is 5.02 Å². The molecule has 49 heavy (non-hydrogen) atoms. The predicted molar refractivity (Wildman–Crippen MR) is 189 cm³/mol. The van der Waals surface area contributed by atoms with Gasteiger partial charge in [-0.25, -0.2) is 4.90 Å². The van der Waals surface area contributed by atoms with Gasteiger partial charge in [-0.05, 0) is 73.9 Å². The molecule has 1 saturated carbocycles. The molecule has 2 aromatic carbocycles. The van der Waals surface area contributed by atoms with Crippen LogP contribution in [0, 0.1) is 36.0 Å². The van der Waals surface area contributed by atoms with E-state index in [0.717, 1.165) is 26.1 Å². The normalized spacial score (nSPS) is 27.9. The number of benzene rings is 2. The lowest BCUT2D eigenvalue weighted by atomic mass is 9.51. The van der Waals surface area contributed by atoms with Crippen LogP contribution in [0.5, 0.6) is 11.5 Å². The fourth-order valence-electron chi connectivity index (χ4n) is 8.92. The quantitative estimate of drug-likeness (QED) is 0.184. The molecule has 6 atom stereocenters. The number of aromatic nitrogens is 2. The van der Waals surface area contributed by atoms with Gasteiger partial charge in [0.15, 0.2) is 11.5 Å². The van der Waals surface area contributed by atoms with Crippen molar-refractivity contribution >= 4 is 78.4 Å². The Hall–Kier alpha value is -4.00. The van der Waals surface area contributed by atoms with Gasteiger partial charge in [-0.3, -0.25) is 28.8 Å². The first-order chi connectivity index (χ1) is 23.3. The second kappa shape index (κ2) is 11.0. The van der Waals surface area contributed by atoms with Gasteiger partial charge in [0.1, 0.15) is 11.5 Å². The van der Waals surface area contributed by atoms with Crippen LogP contribution in [0.15, 0.2) is 52.5 Å². The Morgan fingerprint density at radius 3 is 2.55 bits per heavy atom. The number of amides is 4. The van der Waals surface area contributed by atoms with Crippen LogP contribution < -0.4 is 9.64 Å². The highest BCUT2D eigenvalue weighted by Crippen LogP contribution is 2.65. The average molecular weight is 764 g/mol. The second-order valence-electron chi connectivity index (χ2n) is 13.7. The summed E-state index contributed by atoms with van der Waals surface area (Å²) < 4.78 is 8.71. The molecule has 252 valence electrons. The highest BCUT2D eigenvalue weighted by Gasteiger charge is 2.68. The van der Waals surface area contributed by atoms with E-state index in [1.54, 1.807) is 48.2 Å². The molecule has 8 rings (SSSR count). The Morgan fingerprint density at radius 2 is 1.82 bits per heavy atom. The van der Waals surface area contributed by atoms with E-state index in [0.29, 0.717) is 33.0 Å². The van der Waals surface area contributed by atoms with Crippen molar-refractivity contribution < 1.29 is 29.0 Å². The summed E-state index contributed by atoms with van der Waals surface area (Å²) in [5, 5.41) is 18.0. The minimum atomic E-state index is -1.35. The molecule has 4 aliphatic rings. The van der Waals surface area contributed by atoms with Gasteiger partial charge in [-0.2, -0.15) is 5.10 Å². The van der Waals surface area contributed by atoms with Crippen LogP contribution >= 0.6 is 38.9 Å². The number of phenols is 1. The van der Waals surface area contributed by atoms with Gasteiger partial charge in [-0.1, -0.05) is 39.2 Å². The summed E-state index contributed by atoms with van der Waals surface area (Å²) >= 11 is 11.4. The molecule has 0 bridgehead atoms. The average Bonchev–Trinajstić information content (AvgIpc) is 3.73. The number of ether oxygens (including phenoxy) is 1. The molecule has 2 aliphatic heterocycles. The molecule has 2 aliphatic carbocycles. The number of imide groups is 2. The Morgan fingerprint density at radius 1 is 1.06 bits per heavy atom. The van der Waals surface area contributed by atoms with Gasteiger partial charge >= 0.3 is 0 Å². The molecule has 2 saturated heterocycles. The number of aromatic hydroxyl groups is 1. The molecule has 4 aromatic rings. The lowest BCUT2D eigenvalue weighted by molar-refractivity contribution is -0.138. The van der Waals surface area contributed by atoms with Crippen LogP contribution in [0.1, 0.15) is 36.8 Å². The fraction of sp³-hybridized carbons (Fsp3) is 0.361. The summed E-state index contributed by atoms with van der Waals surface area (Å²) in [5.41, 5.74) is 1.46. The molecule has 4 heterocycles. The van der Waals surface area contributed by atoms with E-state index in [4.69, 9.17) is 21.4 Å². The number of methoxy groups -OCH3 is 1. The van der Waals surface area contributed by atoms with Gasteiger partial charge < -0.3 is 9.84 Å². The van der Waals surface area contributed by atoms with Crippen LogP contribution in [0.4, 0.5) is 5.82 Å². The number of hydrogen-bond acceptors (Lipinski definition) is 8. The largest absolute Gasteiger partial charge is 0.504 e. The van der Waals surface area contributed by atoms with Crippen LogP contribution in [0.25, 0.3) is 20.7 Å². The Labute approximate surface area is 299 Å². The molecule has 0 spiro atoms. The van der Waals surface area contributed by atoms with Gasteiger partial charge in [0.05, 0.1) is 35.2 Å². The van der Waals surface area contributed by atoms with Crippen molar-refractivity contribution in [3.05, 3.63) is 68.7 Å². The molecule has 4 amide bonds. The maximum absolute atomic E-state index is 15.0. The van der Waals surface area contributed by atoms with Gasteiger partial charge in [0.25, 0.3) is 0 Å². The first-order valence-corrected chi connectivity index (χ1v) is 18.0. The van der Waals surface area contributed by atoms with E-state index >= 15 is 0 Å². The van der Waals surface area contributed by atoms with Crippen molar-refractivity contribution in [1.82, 2.24) is 14.7 Å². The van der Waals surface area contributed by atoms with E-state index in [1.165, 1.54) is 24.0 Å². The first-order valence-electron chi connectivity index (χ1n) is 16.0. The number of carbonyl (C=O) groups excluding carboxylic acids is 4. The summed E-state index contributed by atoms with van der Waals surface area (Å²) in [6.07, 6.45) is 2.49. The first kappa shape index (κ1) is 32.2. The van der Waals surface area contributed by atoms with Gasteiger partial charge in [0, 0.05) is 45.8 Å². The standard InChI is InChI=1S/C36H32BrClN4O6S/c1-15-20-12-17(38)6-9-26(20)49-31(15)24-14-27(41(4)39-24)42-33(45)23-13-21-18(7-8-19-28(21)34(46)40(3)32(19)44)29(36(23,2)35(42)47)22-10-16(37)11-25(48-5)30(22)43/h6-7,9-12,14,19,21,23,28-29,43H,8,13H2,1-5H3/t19-,21+,23-,28-,29+,36+/m0/s1. The molecule has 3 fully saturated rings. The third-order valence-corrected chi connectivity index (χ3v) is 13.3. The lowest BCUT2D eigenvalue weighted by Gasteiger charge is -2.49. The summed E-state index contributed by atoms with van der Waals surface area (Å²) in [6.45, 7) is 3.78. The summed E-state index contributed by atoms with van der Waals surface area (Å²) in [4.78, 5) is 59.7. The highest BCUT2D eigenvalue weighted by atomic mass is 79.9. The third kappa shape index (κ3) is 4.32. The van der Waals surface area contributed by atoms with Crippen LogP contribution in [-0.2, 0) is 26.2 Å². The zero-order chi connectivity index (χ0) is 34.8. The topological polar surface area (TPSA) is 122 Å². The zero-order valence-electron chi connectivity index (χ0n) is 27.3. The molecular weight excluding hydrogens is 732 g/mol. The maximum Gasteiger partial charge on any atom is 0.242 e. The van der Waals surface area contributed by atoms with Crippen molar-refractivity contribution in [2.75, 3.05) is 19.1 Å². The summed E-state index contributed by atoms with van der Waals surface area (Å²) in [5.74, 6) is -4.29. The predicted octanol–water partition coefficient (Wildman–Crippen LogP) is 6.60. The molecule has 13 heteroatoms. The van der Waals surface area contributed by atoms with Gasteiger partial charge in [0.2, 0.25) is 23.6 Å². The van der Waals surface area contributed by atoms with E-state index in [1.807, 2.05) is 31.2 Å².